The Labute approximate surface area is 227 Å². The second-order valence-corrected chi connectivity index (χ2v) is 11.6. The number of nitriles is 1. The highest BCUT2D eigenvalue weighted by Gasteiger charge is 2.34. The van der Waals surface area contributed by atoms with Crippen molar-refractivity contribution in [2.45, 2.75) is 61.8 Å². The average molecular weight is 541 g/mol. The topological polar surface area (TPSA) is 126 Å². The third-order valence-electron chi connectivity index (χ3n) is 7.27. The van der Waals surface area contributed by atoms with E-state index in [2.05, 4.69) is 16.0 Å². The first-order valence-corrected chi connectivity index (χ1v) is 14.4. The average Bonchev–Trinajstić information content (AvgIpc) is 3.34. The summed E-state index contributed by atoms with van der Waals surface area (Å²) in [6.45, 7) is 3.87. The summed E-state index contributed by atoms with van der Waals surface area (Å²) in [5.41, 5.74) is 3.79. The number of fused-ring (bicyclic) bond motifs is 1. The van der Waals surface area contributed by atoms with Crippen LogP contribution in [0.15, 0.2) is 75.4 Å². The minimum absolute atomic E-state index is 0.117. The van der Waals surface area contributed by atoms with Crippen LogP contribution in [-0.2, 0) is 22.7 Å². The van der Waals surface area contributed by atoms with Gasteiger partial charge in [0, 0.05) is 23.9 Å². The van der Waals surface area contributed by atoms with E-state index in [1.807, 2.05) is 26.0 Å². The lowest BCUT2D eigenvalue weighted by Crippen LogP contribution is -2.27. The molecular formula is C30H28N4O4S. The van der Waals surface area contributed by atoms with Gasteiger partial charge in [-0.15, -0.1) is 0 Å². The van der Waals surface area contributed by atoms with Crippen molar-refractivity contribution in [3.8, 4) is 23.1 Å². The fourth-order valence-corrected chi connectivity index (χ4v) is 6.61. The number of sulfone groups is 1. The molecule has 1 N–H and O–H groups in total. The molecule has 0 saturated carbocycles. The van der Waals surface area contributed by atoms with E-state index in [-0.39, 0.29) is 4.90 Å². The molecule has 0 bridgehead atoms. The minimum Gasteiger partial charge on any atom is -0.493 e. The molecule has 2 heterocycles. The van der Waals surface area contributed by atoms with Gasteiger partial charge in [0.15, 0.2) is 4.90 Å². The Balaban J connectivity index is 1.64. The van der Waals surface area contributed by atoms with Crippen molar-refractivity contribution in [1.29, 1.82) is 5.26 Å². The smallest absolute Gasteiger partial charge is 0.296 e. The molecule has 0 aliphatic heterocycles. The zero-order chi connectivity index (χ0) is 27.7. The highest BCUT2D eigenvalue weighted by Crippen LogP contribution is 2.40. The summed E-state index contributed by atoms with van der Waals surface area (Å²) in [4.78, 5) is 20.8. The van der Waals surface area contributed by atoms with Gasteiger partial charge in [-0.1, -0.05) is 37.6 Å². The lowest BCUT2D eigenvalue weighted by Gasteiger charge is -2.23. The van der Waals surface area contributed by atoms with E-state index in [0.717, 1.165) is 34.4 Å². The van der Waals surface area contributed by atoms with Gasteiger partial charge in [-0.05, 0) is 73.2 Å². The van der Waals surface area contributed by atoms with E-state index in [0.29, 0.717) is 37.1 Å². The zero-order valence-electron chi connectivity index (χ0n) is 21.8. The summed E-state index contributed by atoms with van der Waals surface area (Å²) in [6, 6.07) is 17.0. The number of aromatic nitrogens is 3. The van der Waals surface area contributed by atoms with E-state index in [1.165, 1.54) is 16.7 Å². The number of pyridine rings is 1. The Morgan fingerprint density at radius 2 is 1.92 bits per heavy atom. The van der Waals surface area contributed by atoms with E-state index in [4.69, 9.17) is 0 Å². The summed E-state index contributed by atoms with van der Waals surface area (Å²) in [7, 11) is -4.40. The Bertz CT molecular complexity index is 1770. The summed E-state index contributed by atoms with van der Waals surface area (Å²) in [5.74, 6) is -0.283. The van der Waals surface area contributed by atoms with Gasteiger partial charge in [0.05, 0.1) is 22.6 Å². The van der Waals surface area contributed by atoms with Gasteiger partial charge in [-0.3, -0.25) is 14.3 Å². The van der Waals surface area contributed by atoms with Crippen LogP contribution in [0.3, 0.4) is 0 Å². The Morgan fingerprint density at radius 1 is 1.15 bits per heavy atom. The molecule has 5 rings (SSSR count). The summed E-state index contributed by atoms with van der Waals surface area (Å²) >= 11 is 0. The molecule has 2 aromatic heterocycles. The molecule has 8 nitrogen and oxygen atoms in total. The quantitative estimate of drug-likeness (QED) is 0.353. The normalized spacial score (nSPS) is 14.6. The molecule has 198 valence electrons. The largest absolute Gasteiger partial charge is 0.493 e. The van der Waals surface area contributed by atoms with Crippen molar-refractivity contribution in [2.24, 2.45) is 0 Å². The van der Waals surface area contributed by atoms with E-state index in [9.17, 15) is 23.6 Å². The lowest BCUT2D eigenvalue weighted by molar-refractivity contribution is 0.361. The minimum atomic E-state index is -4.40. The standard InChI is InChI=1S/C30H28N4O4S/c1-3-4-7-27-33-29(35)28(30(36)34(27)26-15-12-22-9-8-20(18-31)17-25(22)26)39(37,38)23-13-10-21(11-14-23)24-6-5-16-32-19(24)2/h5-6,8-11,13-14,16-17,26,36H,3-4,7,12,15H2,1-2H3/t26-/m1/s1. The number of benzene rings is 2. The monoisotopic (exact) mass is 540 g/mol. The predicted molar refractivity (Wildman–Crippen MR) is 146 cm³/mol. The molecule has 1 atom stereocenters. The van der Waals surface area contributed by atoms with Crippen molar-refractivity contribution in [1.82, 2.24) is 14.5 Å². The maximum absolute atomic E-state index is 13.8. The summed E-state index contributed by atoms with van der Waals surface area (Å²) in [5, 5.41) is 20.9. The van der Waals surface area contributed by atoms with Crippen LogP contribution in [0.25, 0.3) is 11.1 Å². The molecule has 2 aromatic carbocycles. The molecule has 0 unspecified atom stereocenters. The molecule has 0 radical (unpaired) electrons. The number of unbranched alkanes of at least 4 members (excludes halogenated alkanes) is 1. The van der Waals surface area contributed by atoms with Crippen LogP contribution >= 0.6 is 0 Å². The van der Waals surface area contributed by atoms with Gasteiger partial charge in [0.25, 0.3) is 5.56 Å². The van der Waals surface area contributed by atoms with Crippen molar-refractivity contribution < 1.29 is 13.5 Å². The molecule has 39 heavy (non-hydrogen) atoms. The van der Waals surface area contributed by atoms with Crippen molar-refractivity contribution >= 4 is 9.84 Å². The molecule has 0 spiro atoms. The van der Waals surface area contributed by atoms with Crippen molar-refractivity contribution in [3.05, 3.63) is 99.4 Å². The number of aryl methyl sites for hydroxylation is 3. The summed E-state index contributed by atoms with van der Waals surface area (Å²) < 4.78 is 29.0. The second-order valence-electron chi connectivity index (χ2n) is 9.70. The van der Waals surface area contributed by atoms with Crippen LogP contribution < -0.4 is 5.56 Å². The van der Waals surface area contributed by atoms with Crippen LogP contribution in [-0.4, -0.2) is 28.1 Å². The number of nitrogens with zero attached hydrogens (tertiary/aromatic N) is 4. The Hall–Kier alpha value is -4.29. The van der Waals surface area contributed by atoms with Crippen LogP contribution in [0, 0.1) is 18.3 Å². The summed E-state index contributed by atoms with van der Waals surface area (Å²) in [6.07, 6.45) is 4.92. The van der Waals surface area contributed by atoms with Crippen LogP contribution in [0.2, 0.25) is 0 Å². The maximum atomic E-state index is 13.8. The second kappa shape index (κ2) is 10.5. The molecule has 0 amide bonds. The van der Waals surface area contributed by atoms with Crippen molar-refractivity contribution in [3.63, 3.8) is 0 Å². The molecule has 0 saturated heterocycles. The number of aromatic hydroxyl groups is 1. The highest BCUT2D eigenvalue weighted by atomic mass is 32.2. The van der Waals surface area contributed by atoms with Crippen molar-refractivity contribution in [2.75, 3.05) is 0 Å². The number of hydrogen-bond donors (Lipinski definition) is 1. The Kier molecular flexibility index (Phi) is 7.06. The predicted octanol–water partition coefficient (Wildman–Crippen LogP) is 4.90. The van der Waals surface area contributed by atoms with Gasteiger partial charge in [-0.25, -0.2) is 8.42 Å². The first kappa shape index (κ1) is 26.3. The van der Waals surface area contributed by atoms with Gasteiger partial charge >= 0.3 is 0 Å². The lowest BCUT2D eigenvalue weighted by atomic mass is 10.0. The Morgan fingerprint density at radius 3 is 2.62 bits per heavy atom. The fourth-order valence-electron chi connectivity index (χ4n) is 5.26. The maximum Gasteiger partial charge on any atom is 0.296 e. The van der Waals surface area contributed by atoms with Gasteiger partial charge in [0.2, 0.25) is 15.7 Å². The molecule has 9 heteroatoms. The highest BCUT2D eigenvalue weighted by molar-refractivity contribution is 7.91. The molecule has 0 fully saturated rings. The number of hydrogen-bond acceptors (Lipinski definition) is 7. The third-order valence-corrected chi connectivity index (χ3v) is 9.06. The third kappa shape index (κ3) is 4.72. The van der Waals surface area contributed by atoms with Gasteiger partial charge in [-0.2, -0.15) is 10.2 Å². The first-order valence-electron chi connectivity index (χ1n) is 12.9. The molecular weight excluding hydrogens is 512 g/mol. The van der Waals surface area contributed by atoms with E-state index in [1.54, 1.807) is 36.5 Å². The fraction of sp³-hybridized carbons (Fsp3) is 0.267. The van der Waals surface area contributed by atoms with E-state index < -0.39 is 32.2 Å². The number of rotatable bonds is 7. The van der Waals surface area contributed by atoms with Gasteiger partial charge < -0.3 is 5.11 Å². The van der Waals surface area contributed by atoms with E-state index >= 15 is 0 Å². The molecule has 4 aromatic rings. The van der Waals surface area contributed by atoms with Crippen LogP contribution in [0.4, 0.5) is 0 Å². The first-order chi connectivity index (χ1) is 18.8. The van der Waals surface area contributed by atoms with Crippen LogP contribution in [0.1, 0.15) is 60.4 Å². The molecule has 1 aliphatic carbocycles. The zero-order valence-corrected chi connectivity index (χ0v) is 22.6. The molecule has 1 aliphatic rings. The van der Waals surface area contributed by atoms with Crippen LogP contribution in [0.5, 0.6) is 5.88 Å². The SMILES string of the molecule is CCCCc1nc(=O)c(S(=O)(=O)c2ccc(-c3cccnc3C)cc2)c(O)n1[C@@H]1CCc2ccc(C#N)cc21. The van der Waals surface area contributed by atoms with Gasteiger partial charge in [0.1, 0.15) is 5.82 Å².